The smallest absolute Gasteiger partial charge is 0.225 e. The zero-order valence-corrected chi connectivity index (χ0v) is 13.2. The molecule has 1 aromatic heterocycles. The van der Waals surface area contributed by atoms with Crippen LogP contribution in [-0.4, -0.2) is 15.7 Å². The van der Waals surface area contributed by atoms with Gasteiger partial charge in [0, 0.05) is 17.0 Å². The second kappa shape index (κ2) is 6.70. The predicted octanol–water partition coefficient (Wildman–Crippen LogP) is 3.68. The molecular weight excluding hydrogens is 318 g/mol. The average Bonchev–Trinajstić information content (AvgIpc) is 2.75. The lowest BCUT2D eigenvalue weighted by molar-refractivity contribution is -0.116. The number of carbonyl (C=O) groups is 1. The summed E-state index contributed by atoms with van der Waals surface area (Å²) < 4.78 is 2.83. The Morgan fingerprint density at radius 2 is 2.20 bits per heavy atom. The summed E-state index contributed by atoms with van der Waals surface area (Å²) >= 11 is 3.45. The van der Waals surface area contributed by atoms with E-state index in [1.807, 2.05) is 44.2 Å². The predicted molar refractivity (Wildman–Crippen MR) is 83.6 cm³/mol. The zero-order chi connectivity index (χ0) is 14.5. The molecule has 0 atom stereocenters. The summed E-state index contributed by atoms with van der Waals surface area (Å²) in [6.07, 6.45) is 2.21. The van der Waals surface area contributed by atoms with Gasteiger partial charge in [0.05, 0.1) is 12.7 Å². The lowest BCUT2D eigenvalue weighted by Gasteiger charge is -2.10. The first-order valence-corrected chi connectivity index (χ1v) is 7.40. The van der Waals surface area contributed by atoms with E-state index < -0.39 is 0 Å². The summed E-state index contributed by atoms with van der Waals surface area (Å²) in [5, 5.41) is 7.17. The minimum absolute atomic E-state index is 0.0241. The summed E-state index contributed by atoms with van der Waals surface area (Å²) in [6.45, 7) is 4.68. The quantitative estimate of drug-likeness (QED) is 0.905. The van der Waals surface area contributed by atoms with Gasteiger partial charge in [-0.25, -0.2) is 4.68 Å². The molecule has 0 saturated carbocycles. The SMILES string of the molecule is CC(C)CC(=O)Nc1ccnn1Cc1cccc(Br)c1. The number of rotatable bonds is 5. The van der Waals surface area contributed by atoms with Crippen molar-refractivity contribution in [2.24, 2.45) is 5.92 Å². The van der Waals surface area contributed by atoms with Gasteiger partial charge in [0.15, 0.2) is 0 Å². The van der Waals surface area contributed by atoms with Crippen LogP contribution in [0.3, 0.4) is 0 Å². The summed E-state index contributed by atoms with van der Waals surface area (Å²) in [6, 6.07) is 9.86. The molecule has 0 radical (unpaired) electrons. The highest BCUT2D eigenvalue weighted by molar-refractivity contribution is 9.10. The number of benzene rings is 1. The first kappa shape index (κ1) is 14.8. The number of anilines is 1. The molecule has 0 aliphatic rings. The van der Waals surface area contributed by atoms with Crippen molar-refractivity contribution in [2.75, 3.05) is 5.32 Å². The van der Waals surface area contributed by atoms with Crippen LogP contribution in [0.25, 0.3) is 0 Å². The van der Waals surface area contributed by atoms with E-state index in [9.17, 15) is 4.79 Å². The van der Waals surface area contributed by atoms with Crippen molar-refractivity contribution in [2.45, 2.75) is 26.8 Å². The Bertz CT molecular complexity index is 592. The van der Waals surface area contributed by atoms with Gasteiger partial charge in [-0.15, -0.1) is 0 Å². The van der Waals surface area contributed by atoms with Crippen molar-refractivity contribution in [3.05, 3.63) is 46.6 Å². The molecule has 2 aromatic rings. The minimum Gasteiger partial charge on any atom is -0.311 e. The minimum atomic E-state index is 0.0241. The molecule has 0 aliphatic heterocycles. The van der Waals surface area contributed by atoms with Crippen LogP contribution in [0.2, 0.25) is 0 Å². The molecule has 1 heterocycles. The number of aromatic nitrogens is 2. The molecule has 0 unspecified atom stereocenters. The van der Waals surface area contributed by atoms with E-state index in [0.717, 1.165) is 15.9 Å². The van der Waals surface area contributed by atoms with Crippen molar-refractivity contribution in [1.29, 1.82) is 0 Å². The van der Waals surface area contributed by atoms with Crippen LogP contribution in [0, 0.1) is 5.92 Å². The van der Waals surface area contributed by atoms with Gasteiger partial charge in [0.25, 0.3) is 0 Å². The van der Waals surface area contributed by atoms with Crippen LogP contribution in [-0.2, 0) is 11.3 Å². The van der Waals surface area contributed by atoms with E-state index in [2.05, 4.69) is 26.3 Å². The molecule has 0 bridgehead atoms. The van der Waals surface area contributed by atoms with E-state index in [0.29, 0.717) is 18.9 Å². The molecule has 0 saturated heterocycles. The molecule has 1 amide bonds. The first-order chi connectivity index (χ1) is 9.54. The number of nitrogens with one attached hydrogen (secondary N) is 1. The number of nitrogens with zero attached hydrogens (tertiary/aromatic N) is 2. The number of hydrogen-bond acceptors (Lipinski definition) is 2. The maximum atomic E-state index is 11.8. The van der Waals surface area contributed by atoms with Crippen LogP contribution in [0.4, 0.5) is 5.82 Å². The molecule has 1 aromatic carbocycles. The maximum Gasteiger partial charge on any atom is 0.225 e. The highest BCUT2D eigenvalue weighted by Gasteiger charge is 2.09. The van der Waals surface area contributed by atoms with Gasteiger partial charge in [0.2, 0.25) is 5.91 Å². The number of hydrogen-bond donors (Lipinski definition) is 1. The topological polar surface area (TPSA) is 46.9 Å². The molecule has 106 valence electrons. The van der Waals surface area contributed by atoms with Gasteiger partial charge in [-0.2, -0.15) is 5.10 Å². The summed E-state index contributed by atoms with van der Waals surface area (Å²) in [5.41, 5.74) is 1.13. The van der Waals surface area contributed by atoms with Crippen LogP contribution < -0.4 is 5.32 Å². The van der Waals surface area contributed by atoms with E-state index in [1.165, 1.54) is 0 Å². The van der Waals surface area contributed by atoms with Gasteiger partial charge in [0.1, 0.15) is 5.82 Å². The largest absolute Gasteiger partial charge is 0.311 e. The Morgan fingerprint density at radius 3 is 2.90 bits per heavy atom. The molecule has 1 N–H and O–H groups in total. The van der Waals surface area contributed by atoms with Crippen LogP contribution >= 0.6 is 15.9 Å². The van der Waals surface area contributed by atoms with Gasteiger partial charge in [-0.05, 0) is 23.6 Å². The van der Waals surface area contributed by atoms with E-state index >= 15 is 0 Å². The van der Waals surface area contributed by atoms with E-state index in [-0.39, 0.29) is 5.91 Å². The standard InChI is InChI=1S/C15H18BrN3O/c1-11(2)8-15(20)18-14-6-7-17-19(14)10-12-4-3-5-13(16)9-12/h3-7,9,11H,8,10H2,1-2H3,(H,18,20). The van der Waals surface area contributed by atoms with Gasteiger partial charge in [-0.3, -0.25) is 4.79 Å². The maximum absolute atomic E-state index is 11.8. The first-order valence-electron chi connectivity index (χ1n) is 6.60. The molecule has 0 spiro atoms. The molecule has 0 aliphatic carbocycles. The van der Waals surface area contributed by atoms with Crippen molar-refractivity contribution in [1.82, 2.24) is 9.78 Å². The highest BCUT2D eigenvalue weighted by Crippen LogP contribution is 2.15. The monoisotopic (exact) mass is 335 g/mol. The second-order valence-electron chi connectivity index (χ2n) is 5.15. The fourth-order valence-corrected chi connectivity index (χ4v) is 2.38. The molecule has 4 nitrogen and oxygen atoms in total. The van der Waals surface area contributed by atoms with Crippen molar-refractivity contribution in [3.63, 3.8) is 0 Å². The number of halogens is 1. The normalized spacial score (nSPS) is 10.8. The van der Waals surface area contributed by atoms with Crippen molar-refractivity contribution in [3.8, 4) is 0 Å². The molecule has 20 heavy (non-hydrogen) atoms. The lowest BCUT2D eigenvalue weighted by atomic mass is 10.1. The Kier molecular flexibility index (Phi) is 4.95. The van der Waals surface area contributed by atoms with Crippen LogP contribution in [0.1, 0.15) is 25.8 Å². The Labute approximate surface area is 127 Å². The fourth-order valence-electron chi connectivity index (χ4n) is 1.94. The highest BCUT2D eigenvalue weighted by atomic mass is 79.9. The van der Waals surface area contributed by atoms with Gasteiger partial charge >= 0.3 is 0 Å². The number of amides is 1. The summed E-state index contributed by atoms with van der Waals surface area (Å²) in [4.78, 5) is 11.8. The van der Waals surface area contributed by atoms with Crippen molar-refractivity contribution >= 4 is 27.7 Å². The molecule has 0 fully saturated rings. The average molecular weight is 336 g/mol. The molecule has 2 rings (SSSR count). The third-order valence-electron chi connectivity index (χ3n) is 2.80. The van der Waals surface area contributed by atoms with Crippen molar-refractivity contribution < 1.29 is 4.79 Å². The lowest BCUT2D eigenvalue weighted by Crippen LogP contribution is -2.17. The Balaban J connectivity index is 2.07. The number of carbonyl (C=O) groups excluding carboxylic acids is 1. The van der Waals surface area contributed by atoms with Gasteiger partial charge < -0.3 is 5.32 Å². The summed E-state index contributed by atoms with van der Waals surface area (Å²) in [7, 11) is 0. The Morgan fingerprint density at radius 1 is 1.40 bits per heavy atom. The van der Waals surface area contributed by atoms with Gasteiger partial charge in [-0.1, -0.05) is 41.9 Å². The second-order valence-corrected chi connectivity index (χ2v) is 6.07. The van der Waals surface area contributed by atoms with E-state index in [1.54, 1.807) is 10.9 Å². The third-order valence-corrected chi connectivity index (χ3v) is 3.29. The summed E-state index contributed by atoms with van der Waals surface area (Å²) in [5.74, 6) is 1.10. The van der Waals surface area contributed by atoms with Crippen LogP contribution in [0.5, 0.6) is 0 Å². The molecular formula is C15H18BrN3O. The van der Waals surface area contributed by atoms with E-state index in [4.69, 9.17) is 0 Å². The third kappa shape index (κ3) is 4.20. The van der Waals surface area contributed by atoms with Crippen LogP contribution in [0.15, 0.2) is 41.0 Å². The molecule has 5 heteroatoms. The Hall–Kier alpha value is -1.62. The fraction of sp³-hybridized carbons (Fsp3) is 0.333. The zero-order valence-electron chi connectivity index (χ0n) is 11.6.